The van der Waals surface area contributed by atoms with Gasteiger partial charge in [0.05, 0.1) is 16.9 Å². The highest BCUT2D eigenvalue weighted by atomic mass is 16.2. The third-order valence-corrected chi connectivity index (χ3v) is 3.30. The van der Waals surface area contributed by atoms with Crippen LogP contribution in [0.2, 0.25) is 0 Å². The van der Waals surface area contributed by atoms with Gasteiger partial charge in [0.2, 0.25) is 0 Å². The summed E-state index contributed by atoms with van der Waals surface area (Å²) in [6, 6.07) is 5.45. The Hall–Kier alpha value is -1.88. The molecule has 0 radical (unpaired) electrons. The summed E-state index contributed by atoms with van der Waals surface area (Å²) >= 11 is 0. The third kappa shape index (κ3) is 1.43. The van der Waals surface area contributed by atoms with E-state index in [4.69, 9.17) is 0 Å². The van der Waals surface area contributed by atoms with Crippen LogP contribution in [0.1, 0.15) is 11.6 Å². The van der Waals surface area contributed by atoms with Crippen molar-refractivity contribution in [2.75, 3.05) is 13.1 Å². The Balaban J connectivity index is 2.39. The van der Waals surface area contributed by atoms with Crippen LogP contribution in [0.25, 0.3) is 10.9 Å². The van der Waals surface area contributed by atoms with Crippen molar-refractivity contribution < 1.29 is 0 Å². The summed E-state index contributed by atoms with van der Waals surface area (Å²) in [6.45, 7) is 3.24. The molecule has 1 saturated heterocycles. The predicted molar refractivity (Wildman–Crippen MR) is 65.5 cm³/mol. The second-order valence-corrected chi connectivity index (χ2v) is 4.41. The lowest BCUT2D eigenvalue weighted by Gasteiger charge is -2.28. The van der Waals surface area contributed by atoms with Gasteiger partial charge in [-0.05, 0) is 18.6 Å². The van der Waals surface area contributed by atoms with Crippen LogP contribution in [0.5, 0.6) is 0 Å². The molecule has 5 heteroatoms. The number of rotatable bonds is 1. The van der Waals surface area contributed by atoms with Crippen LogP contribution in [0.3, 0.4) is 0 Å². The highest BCUT2D eigenvalue weighted by Crippen LogP contribution is 2.12. The normalized spacial score (nSPS) is 16.1. The molecule has 3 rings (SSSR count). The van der Waals surface area contributed by atoms with Crippen molar-refractivity contribution in [3.05, 3.63) is 44.6 Å². The molecule has 17 heavy (non-hydrogen) atoms. The minimum atomic E-state index is -0.316. The molecular weight excluding hydrogens is 218 g/mol. The van der Waals surface area contributed by atoms with Crippen LogP contribution < -0.4 is 16.6 Å². The van der Waals surface area contributed by atoms with E-state index >= 15 is 0 Å². The van der Waals surface area contributed by atoms with E-state index in [9.17, 15) is 9.59 Å². The number of benzene rings is 1. The summed E-state index contributed by atoms with van der Waals surface area (Å²) in [5.74, 6) is 0. The number of hydrogen-bond acceptors (Lipinski definition) is 3. The molecule has 0 aliphatic carbocycles. The van der Waals surface area contributed by atoms with Crippen LogP contribution in [-0.2, 0) is 0 Å². The first kappa shape index (κ1) is 10.3. The first-order valence-corrected chi connectivity index (χ1v) is 5.63. The third-order valence-electron chi connectivity index (χ3n) is 3.30. The molecule has 0 spiro atoms. The number of aromatic amines is 1. The van der Waals surface area contributed by atoms with Gasteiger partial charge in [0.1, 0.15) is 0 Å². The number of aryl methyl sites for hydroxylation is 1. The maximum absolute atomic E-state index is 12.3. The molecule has 1 aromatic carbocycles. The van der Waals surface area contributed by atoms with E-state index < -0.39 is 0 Å². The number of para-hydroxylation sites is 1. The Morgan fingerprint density at radius 1 is 1.29 bits per heavy atom. The first-order chi connectivity index (χ1) is 8.18. The number of H-pyrrole nitrogens is 1. The number of nitrogens with one attached hydrogen (secondary N) is 2. The van der Waals surface area contributed by atoms with Crippen molar-refractivity contribution in [2.45, 2.75) is 13.0 Å². The summed E-state index contributed by atoms with van der Waals surface area (Å²) in [7, 11) is 0. The van der Waals surface area contributed by atoms with Crippen LogP contribution in [-0.4, -0.2) is 22.6 Å². The Morgan fingerprint density at radius 2 is 2.06 bits per heavy atom. The maximum atomic E-state index is 12.3. The van der Waals surface area contributed by atoms with E-state index in [1.165, 1.54) is 4.57 Å². The lowest BCUT2D eigenvalue weighted by molar-refractivity contribution is 0.327. The van der Waals surface area contributed by atoms with Gasteiger partial charge >= 0.3 is 5.69 Å². The molecule has 1 aliphatic heterocycles. The monoisotopic (exact) mass is 231 g/mol. The fourth-order valence-electron chi connectivity index (χ4n) is 2.19. The van der Waals surface area contributed by atoms with Gasteiger partial charge in [-0.1, -0.05) is 12.1 Å². The number of fused-ring (bicyclic) bond motifs is 1. The van der Waals surface area contributed by atoms with Crippen molar-refractivity contribution in [1.29, 1.82) is 0 Å². The molecule has 88 valence electrons. The fourth-order valence-corrected chi connectivity index (χ4v) is 2.19. The Labute approximate surface area is 97.1 Å². The zero-order chi connectivity index (χ0) is 12.0. The highest BCUT2D eigenvalue weighted by molar-refractivity contribution is 5.80. The van der Waals surface area contributed by atoms with Gasteiger partial charge in [-0.2, -0.15) is 0 Å². The lowest BCUT2D eigenvalue weighted by atomic mass is 10.1. The minimum absolute atomic E-state index is 0.0174. The summed E-state index contributed by atoms with van der Waals surface area (Å²) in [5.41, 5.74) is 1.05. The molecule has 5 nitrogen and oxygen atoms in total. The largest absolute Gasteiger partial charge is 0.329 e. The minimum Gasteiger partial charge on any atom is -0.312 e. The molecule has 0 amide bonds. The van der Waals surface area contributed by atoms with Gasteiger partial charge in [-0.25, -0.2) is 4.79 Å². The number of aromatic nitrogens is 2. The van der Waals surface area contributed by atoms with Crippen molar-refractivity contribution in [2.24, 2.45) is 0 Å². The van der Waals surface area contributed by atoms with Gasteiger partial charge in [-0.15, -0.1) is 0 Å². The second kappa shape index (κ2) is 3.56. The van der Waals surface area contributed by atoms with Crippen molar-refractivity contribution >= 4 is 10.9 Å². The Kier molecular flexibility index (Phi) is 2.16. The standard InChI is InChI=1S/C12H13N3O2/c1-7-3-2-4-9-10(7)14-12(17)15(11(9)16)8-5-13-6-8/h2-4,8,13H,5-6H2,1H3,(H,14,17). The molecule has 0 saturated carbocycles. The zero-order valence-corrected chi connectivity index (χ0v) is 9.49. The van der Waals surface area contributed by atoms with E-state index in [-0.39, 0.29) is 17.3 Å². The zero-order valence-electron chi connectivity index (χ0n) is 9.49. The van der Waals surface area contributed by atoms with Gasteiger partial charge in [-0.3, -0.25) is 9.36 Å². The number of hydrogen-bond donors (Lipinski definition) is 2. The van der Waals surface area contributed by atoms with Crippen LogP contribution in [0, 0.1) is 6.92 Å². The Morgan fingerprint density at radius 3 is 2.71 bits per heavy atom. The summed E-state index contributed by atoms with van der Waals surface area (Å²) in [4.78, 5) is 27.0. The predicted octanol–water partition coefficient (Wildman–Crippen LogP) is 0.143. The topological polar surface area (TPSA) is 66.9 Å². The molecular formula is C12H13N3O2. The smallest absolute Gasteiger partial charge is 0.312 e. The lowest BCUT2D eigenvalue weighted by Crippen LogP contribution is -2.51. The molecule has 1 aliphatic rings. The van der Waals surface area contributed by atoms with E-state index in [0.717, 1.165) is 5.56 Å². The van der Waals surface area contributed by atoms with E-state index in [0.29, 0.717) is 24.0 Å². The molecule has 0 atom stereocenters. The van der Waals surface area contributed by atoms with Crippen LogP contribution in [0.15, 0.2) is 27.8 Å². The summed E-state index contributed by atoms with van der Waals surface area (Å²) in [6.07, 6.45) is 0. The van der Waals surface area contributed by atoms with E-state index in [2.05, 4.69) is 10.3 Å². The van der Waals surface area contributed by atoms with Crippen LogP contribution in [0.4, 0.5) is 0 Å². The van der Waals surface area contributed by atoms with Crippen molar-refractivity contribution in [1.82, 2.24) is 14.9 Å². The molecule has 2 aromatic rings. The van der Waals surface area contributed by atoms with Crippen molar-refractivity contribution in [3.63, 3.8) is 0 Å². The van der Waals surface area contributed by atoms with E-state index in [1.807, 2.05) is 19.1 Å². The van der Waals surface area contributed by atoms with Gasteiger partial charge in [0.25, 0.3) is 5.56 Å². The average molecular weight is 231 g/mol. The van der Waals surface area contributed by atoms with Gasteiger partial charge in [0.15, 0.2) is 0 Å². The first-order valence-electron chi connectivity index (χ1n) is 5.63. The maximum Gasteiger partial charge on any atom is 0.329 e. The van der Waals surface area contributed by atoms with Crippen molar-refractivity contribution in [3.8, 4) is 0 Å². The van der Waals surface area contributed by atoms with Gasteiger partial charge < -0.3 is 10.3 Å². The molecule has 2 N–H and O–H groups in total. The van der Waals surface area contributed by atoms with E-state index in [1.54, 1.807) is 6.07 Å². The summed E-state index contributed by atoms with van der Waals surface area (Å²) < 4.78 is 1.32. The molecule has 1 fully saturated rings. The molecule has 1 aromatic heterocycles. The SMILES string of the molecule is Cc1cccc2c(=O)n(C3CNC3)c(=O)[nH]c12. The molecule has 2 heterocycles. The summed E-state index contributed by atoms with van der Waals surface area (Å²) in [5, 5.41) is 3.64. The average Bonchev–Trinajstić information content (AvgIpc) is 2.23. The Bertz CT molecular complexity index is 695. The fraction of sp³-hybridized carbons (Fsp3) is 0.333. The molecule has 0 bridgehead atoms. The van der Waals surface area contributed by atoms with Crippen LogP contribution >= 0.6 is 0 Å². The second-order valence-electron chi connectivity index (χ2n) is 4.41. The highest BCUT2D eigenvalue weighted by Gasteiger charge is 2.23. The number of nitrogens with zero attached hydrogens (tertiary/aromatic N) is 1. The molecule has 0 unspecified atom stereocenters. The quantitative estimate of drug-likeness (QED) is 0.733. The van der Waals surface area contributed by atoms with Gasteiger partial charge in [0, 0.05) is 13.1 Å².